The molecule has 2 heterocycles. The molecule has 1 N–H and O–H groups in total. The average Bonchev–Trinajstić information content (AvgIpc) is 3.50. The number of nitro groups is 1. The molecule has 0 saturated carbocycles. The van der Waals surface area contributed by atoms with Gasteiger partial charge in [-0.15, -0.1) is 13.2 Å². The van der Waals surface area contributed by atoms with Crippen molar-refractivity contribution in [1.29, 1.82) is 0 Å². The Morgan fingerprint density at radius 3 is 2.26 bits per heavy atom. The van der Waals surface area contributed by atoms with Crippen LogP contribution in [0, 0.1) is 10.1 Å². The Hall–Kier alpha value is -4.96. The van der Waals surface area contributed by atoms with Crippen LogP contribution in [0.25, 0.3) is 21.3 Å². The standard InChI is InChI=1S/C18H13F3N4O3S.C8H6ClNO4/c1-25-13-6-3-9(15(26)27-2)7-12(13)22-16(25)24-17-23-11-5-4-10(8-14(11)29-17)28-18(19,20)21;1-14-8(11)5-2-3-6(9)7(4-5)10(12)13/h3-8H,1-2H3,(H,22,23,24);2-4H,1H3. The van der Waals surface area contributed by atoms with E-state index in [1.807, 2.05) is 0 Å². The van der Waals surface area contributed by atoms with E-state index >= 15 is 0 Å². The number of benzene rings is 3. The number of anilines is 2. The number of aromatic nitrogens is 3. The molecule has 5 aromatic rings. The maximum Gasteiger partial charge on any atom is 0.573 e. The number of rotatable bonds is 6. The molecule has 3 aromatic carbocycles. The van der Waals surface area contributed by atoms with Crippen molar-refractivity contribution >= 4 is 72.9 Å². The largest absolute Gasteiger partial charge is 0.573 e. The highest BCUT2D eigenvalue weighted by Gasteiger charge is 2.31. The van der Waals surface area contributed by atoms with Crippen LogP contribution in [0.1, 0.15) is 20.7 Å². The highest BCUT2D eigenvalue weighted by Crippen LogP contribution is 2.33. The molecule has 0 bridgehead atoms. The van der Waals surface area contributed by atoms with E-state index in [4.69, 9.17) is 16.3 Å². The van der Waals surface area contributed by atoms with Gasteiger partial charge in [-0.25, -0.2) is 19.6 Å². The summed E-state index contributed by atoms with van der Waals surface area (Å²) in [4.78, 5) is 41.3. The van der Waals surface area contributed by atoms with E-state index in [-0.39, 0.29) is 22.0 Å². The number of methoxy groups -OCH3 is 2. The number of carbonyl (C=O) groups is 2. The quantitative estimate of drug-likeness (QED) is 0.122. The summed E-state index contributed by atoms with van der Waals surface area (Å²) in [5, 5.41) is 14.0. The summed E-state index contributed by atoms with van der Waals surface area (Å²) >= 11 is 6.71. The Balaban J connectivity index is 0.000000255. The van der Waals surface area contributed by atoms with Crippen LogP contribution in [0.3, 0.4) is 0 Å². The summed E-state index contributed by atoms with van der Waals surface area (Å²) in [5.41, 5.74) is 2.06. The molecule has 0 aliphatic heterocycles. The predicted octanol–water partition coefficient (Wildman–Crippen LogP) is 6.65. The van der Waals surface area contributed by atoms with Crippen molar-refractivity contribution in [3.63, 3.8) is 0 Å². The first-order valence-electron chi connectivity index (χ1n) is 11.8. The highest BCUT2D eigenvalue weighted by atomic mass is 35.5. The highest BCUT2D eigenvalue weighted by molar-refractivity contribution is 7.22. The molecule has 0 atom stereocenters. The number of hydrogen-bond acceptors (Lipinski definition) is 11. The molecule has 0 radical (unpaired) electrons. The summed E-state index contributed by atoms with van der Waals surface area (Å²) < 4.78 is 52.5. The van der Waals surface area contributed by atoms with Crippen LogP contribution in [0.15, 0.2) is 54.6 Å². The van der Waals surface area contributed by atoms with Crippen molar-refractivity contribution in [1.82, 2.24) is 14.5 Å². The fourth-order valence-electron chi connectivity index (χ4n) is 3.71. The summed E-state index contributed by atoms with van der Waals surface area (Å²) in [7, 11) is 4.29. The molecular formula is C26H19ClF3N5O7S. The van der Waals surface area contributed by atoms with Crippen LogP contribution < -0.4 is 10.1 Å². The lowest BCUT2D eigenvalue weighted by Gasteiger charge is -2.07. The van der Waals surface area contributed by atoms with Crippen LogP contribution in [-0.2, 0) is 16.5 Å². The van der Waals surface area contributed by atoms with Gasteiger partial charge in [0.1, 0.15) is 10.8 Å². The number of carbonyl (C=O) groups excluding carboxylic acids is 2. The van der Waals surface area contributed by atoms with Crippen LogP contribution in [0.4, 0.5) is 29.9 Å². The molecule has 12 nitrogen and oxygen atoms in total. The van der Waals surface area contributed by atoms with E-state index in [2.05, 4.69) is 24.8 Å². The Morgan fingerprint density at radius 2 is 1.63 bits per heavy atom. The summed E-state index contributed by atoms with van der Waals surface area (Å²) in [6.07, 6.45) is -4.75. The molecule has 0 aliphatic rings. The normalized spacial score (nSPS) is 11.0. The van der Waals surface area contributed by atoms with Crippen molar-refractivity contribution in [2.45, 2.75) is 6.36 Å². The molecule has 224 valence electrons. The first kappa shape index (κ1) is 31.0. The molecule has 43 heavy (non-hydrogen) atoms. The van der Waals surface area contributed by atoms with Gasteiger partial charge in [0.25, 0.3) is 5.69 Å². The lowest BCUT2D eigenvalue weighted by molar-refractivity contribution is -0.384. The Bertz CT molecular complexity index is 1860. The van der Waals surface area contributed by atoms with E-state index in [1.54, 1.807) is 29.8 Å². The van der Waals surface area contributed by atoms with Crippen molar-refractivity contribution in [3.05, 3.63) is 80.9 Å². The van der Waals surface area contributed by atoms with Gasteiger partial charge in [0, 0.05) is 19.2 Å². The zero-order valence-electron chi connectivity index (χ0n) is 22.3. The third-order valence-electron chi connectivity index (χ3n) is 5.68. The van der Waals surface area contributed by atoms with Crippen LogP contribution >= 0.6 is 22.9 Å². The molecule has 0 unspecified atom stereocenters. The smallest absolute Gasteiger partial charge is 0.465 e. The Labute approximate surface area is 248 Å². The van der Waals surface area contributed by atoms with Gasteiger partial charge in [-0.1, -0.05) is 22.9 Å². The summed E-state index contributed by atoms with van der Waals surface area (Å²) in [6, 6.07) is 12.7. The first-order valence-corrected chi connectivity index (χ1v) is 13.0. The van der Waals surface area contributed by atoms with E-state index in [1.165, 1.54) is 55.9 Å². The molecule has 0 spiro atoms. The zero-order valence-corrected chi connectivity index (χ0v) is 23.8. The second kappa shape index (κ2) is 12.5. The number of hydrogen-bond donors (Lipinski definition) is 1. The maximum absolute atomic E-state index is 12.4. The molecular weight excluding hydrogens is 619 g/mol. The minimum absolute atomic E-state index is 0.0114. The third kappa shape index (κ3) is 7.28. The first-order chi connectivity index (χ1) is 20.3. The number of alkyl halides is 3. The minimum atomic E-state index is -4.75. The van der Waals surface area contributed by atoms with Gasteiger partial charge in [0.2, 0.25) is 5.95 Å². The number of nitro benzene ring substituents is 1. The number of imidazole rings is 1. The van der Waals surface area contributed by atoms with Crippen LogP contribution in [0.5, 0.6) is 5.75 Å². The number of halogens is 4. The monoisotopic (exact) mass is 637 g/mol. The molecule has 0 amide bonds. The fourth-order valence-corrected chi connectivity index (χ4v) is 4.78. The SMILES string of the molecule is COC(=O)c1ccc(Cl)c([N+](=O)[O-])c1.COC(=O)c1ccc2c(c1)nc(Nc1nc3ccc(OC(F)(F)F)cc3s1)n2C. The van der Waals surface area contributed by atoms with Gasteiger partial charge in [-0.2, -0.15) is 0 Å². The predicted molar refractivity (Wildman–Crippen MR) is 151 cm³/mol. The molecule has 5 rings (SSSR count). The summed E-state index contributed by atoms with van der Waals surface area (Å²) in [5.74, 6) is -0.939. The maximum atomic E-state index is 12.4. The molecule has 0 saturated heterocycles. The lowest BCUT2D eigenvalue weighted by atomic mass is 10.2. The number of aryl methyl sites for hydroxylation is 1. The van der Waals surface area contributed by atoms with E-state index in [0.717, 1.165) is 11.6 Å². The lowest BCUT2D eigenvalue weighted by Crippen LogP contribution is -2.16. The van der Waals surface area contributed by atoms with Crippen molar-refractivity contribution < 1.29 is 41.9 Å². The van der Waals surface area contributed by atoms with Gasteiger partial charge in [-0.05, 0) is 42.5 Å². The van der Waals surface area contributed by atoms with Gasteiger partial charge in [0.15, 0.2) is 5.13 Å². The van der Waals surface area contributed by atoms with E-state index < -0.39 is 23.2 Å². The van der Waals surface area contributed by atoms with Crippen molar-refractivity contribution in [2.75, 3.05) is 19.5 Å². The average molecular weight is 638 g/mol. The number of fused-ring (bicyclic) bond motifs is 2. The van der Waals surface area contributed by atoms with E-state index in [0.29, 0.717) is 32.4 Å². The van der Waals surface area contributed by atoms with Crippen molar-refractivity contribution in [3.8, 4) is 5.75 Å². The topological polar surface area (TPSA) is 148 Å². The molecule has 17 heteroatoms. The molecule has 2 aromatic heterocycles. The number of nitrogens with one attached hydrogen (secondary N) is 1. The molecule has 0 aliphatic carbocycles. The van der Waals surface area contributed by atoms with Gasteiger partial charge < -0.3 is 24.1 Å². The number of nitrogens with zero attached hydrogens (tertiary/aromatic N) is 4. The Kier molecular flexibility index (Phi) is 9.01. The summed E-state index contributed by atoms with van der Waals surface area (Å²) in [6.45, 7) is 0. The van der Waals surface area contributed by atoms with Gasteiger partial charge >= 0.3 is 18.3 Å². The number of thiazole rings is 1. The van der Waals surface area contributed by atoms with E-state index in [9.17, 15) is 32.9 Å². The zero-order chi connectivity index (χ0) is 31.5. The number of ether oxygens (including phenoxy) is 3. The van der Waals surface area contributed by atoms with Crippen LogP contribution in [0.2, 0.25) is 5.02 Å². The second-order valence-corrected chi connectivity index (χ2v) is 9.86. The number of esters is 2. The minimum Gasteiger partial charge on any atom is -0.465 e. The van der Waals surface area contributed by atoms with Gasteiger partial charge in [-0.3, -0.25) is 10.1 Å². The second-order valence-electron chi connectivity index (χ2n) is 8.43. The fraction of sp³-hybridized carbons (Fsp3) is 0.154. The van der Waals surface area contributed by atoms with Gasteiger partial charge in [0.05, 0.1) is 51.5 Å². The molecule has 0 fully saturated rings. The van der Waals surface area contributed by atoms with Crippen LogP contribution in [-0.4, -0.2) is 52.0 Å². The third-order valence-corrected chi connectivity index (χ3v) is 6.93. The van der Waals surface area contributed by atoms with Crippen molar-refractivity contribution in [2.24, 2.45) is 7.05 Å². The Morgan fingerprint density at radius 1 is 0.977 bits per heavy atom.